The first kappa shape index (κ1) is 12.9. The van der Waals surface area contributed by atoms with Gasteiger partial charge < -0.3 is 21.3 Å². The number of amides is 1. The number of carbonyl (C=O) groups excluding carboxylic acids is 1. The van der Waals surface area contributed by atoms with Crippen molar-refractivity contribution in [2.75, 3.05) is 0 Å². The van der Waals surface area contributed by atoms with E-state index in [1.54, 1.807) is 0 Å². The fraction of sp³-hybridized carbons (Fsp3) is 0.750. The van der Waals surface area contributed by atoms with E-state index in [2.05, 4.69) is 5.32 Å². The van der Waals surface area contributed by atoms with Crippen LogP contribution in [0.5, 0.6) is 0 Å². The predicted molar refractivity (Wildman–Crippen MR) is 49.5 cm³/mol. The number of hydrogen-bond donors (Lipinski definition) is 4. The predicted octanol–water partition coefficient (Wildman–Crippen LogP) is -1.33. The van der Waals surface area contributed by atoms with E-state index >= 15 is 0 Å². The van der Waals surface area contributed by atoms with Crippen LogP contribution in [0.3, 0.4) is 0 Å². The average Bonchev–Trinajstić information content (AvgIpc) is 1.96. The van der Waals surface area contributed by atoms with Crippen LogP contribution in [0.4, 0.5) is 0 Å². The van der Waals surface area contributed by atoms with Crippen molar-refractivity contribution in [3.63, 3.8) is 0 Å². The standard InChI is InChI=1S/C8H16N2O4/c1-4(11)5(6(12)13)10-7(14)8(2,3)9/h4-5,11H,9H2,1-3H3,(H,10,14)(H,12,13). The van der Waals surface area contributed by atoms with Gasteiger partial charge in [0, 0.05) is 0 Å². The molecule has 6 heteroatoms. The molecule has 2 unspecified atom stereocenters. The molecule has 0 fully saturated rings. The summed E-state index contributed by atoms with van der Waals surface area (Å²) in [5.41, 5.74) is 4.28. The van der Waals surface area contributed by atoms with Crippen LogP contribution in [0, 0.1) is 0 Å². The number of carbonyl (C=O) groups is 2. The lowest BCUT2D eigenvalue weighted by molar-refractivity contribution is -0.145. The van der Waals surface area contributed by atoms with E-state index < -0.39 is 29.6 Å². The minimum atomic E-state index is -1.33. The Bertz CT molecular complexity index is 232. The van der Waals surface area contributed by atoms with Crippen molar-refractivity contribution in [1.82, 2.24) is 5.32 Å². The Hall–Kier alpha value is -1.14. The summed E-state index contributed by atoms with van der Waals surface area (Å²) in [6.45, 7) is 4.18. The summed E-state index contributed by atoms with van der Waals surface area (Å²) in [6.07, 6.45) is -1.17. The number of aliphatic hydroxyl groups excluding tert-OH is 1. The SMILES string of the molecule is CC(O)C(NC(=O)C(C)(C)N)C(=O)O. The monoisotopic (exact) mass is 204 g/mol. The molecule has 0 heterocycles. The van der Waals surface area contributed by atoms with Crippen LogP contribution in [-0.2, 0) is 9.59 Å². The van der Waals surface area contributed by atoms with Crippen LogP contribution in [0.1, 0.15) is 20.8 Å². The highest BCUT2D eigenvalue weighted by Crippen LogP contribution is 2.00. The highest BCUT2D eigenvalue weighted by Gasteiger charge is 2.30. The molecular formula is C8H16N2O4. The van der Waals surface area contributed by atoms with Crippen molar-refractivity contribution in [2.45, 2.75) is 38.5 Å². The molecule has 0 rings (SSSR count). The molecule has 0 aliphatic carbocycles. The van der Waals surface area contributed by atoms with E-state index in [4.69, 9.17) is 15.9 Å². The van der Waals surface area contributed by atoms with Gasteiger partial charge in [-0.05, 0) is 20.8 Å². The molecule has 82 valence electrons. The number of hydrogen-bond acceptors (Lipinski definition) is 4. The van der Waals surface area contributed by atoms with E-state index in [0.29, 0.717) is 0 Å². The first-order valence-electron chi connectivity index (χ1n) is 4.17. The van der Waals surface area contributed by atoms with E-state index in [1.165, 1.54) is 20.8 Å². The number of nitrogens with one attached hydrogen (secondary N) is 1. The second-order valence-electron chi connectivity index (χ2n) is 3.75. The number of aliphatic hydroxyl groups is 1. The van der Waals surface area contributed by atoms with Crippen molar-refractivity contribution in [3.05, 3.63) is 0 Å². The lowest BCUT2D eigenvalue weighted by Gasteiger charge is -2.23. The van der Waals surface area contributed by atoms with Gasteiger partial charge in [0.2, 0.25) is 5.91 Å². The van der Waals surface area contributed by atoms with Gasteiger partial charge in [0.15, 0.2) is 6.04 Å². The number of carboxylic acid groups (broad SMARTS) is 1. The largest absolute Gasteiger partial charge is 0.480 e. The highest BCUT2D eigenvalue weighted by atomic mass is 16.4. The molecule has 14 heavy (non-hydrogen) atoms. The summed E-state index contributed by atoms with van der Waals surface area (Å²) in [7, 11) is 0. The topological polar surface area (TPSA) is 113 Å². The minimum Gasteiger partial charge on any atom is -0.480 e. The van der Waals surface area contributed by atoms with Gasteiger partial charge in [0.05, 0.1) is 11.6 Å². The third-order valence-electron chi connectivity index (χ3n) is 1.62. The summed E-state index contributed by atoms with van der Waals surface area (Å²) in [5.74, 6) is -1.91. The Morgan fingerprint density at radius 2 is 1.86 bits per heavy atom. The van der Waals surface area contributed by atoms with Crippen molar-refractivity contribution >= 4 is 11.9 Å². The summed E-state index contributed by atoms with van der Waals surface area (Å²) >= 11 is 0. The molecule has 0 radical (unpaired) electrons. The Labute approximate surface area is 82.1 Å². The van der Waals surface area contributed by atoms with Crippen molar-refractivity contribution in [1.29, 1.82) is 0 Å². The van der Waals surface area contributed by atoms with Gasteiger partial charge in [-0.15, -0.1) is 0 Å². The lowest BCUT2D eigenvalue weighted by Crippen LogP contribution is -2.56. The summed E-state index contributed by atoms with van der Waals surface area (Å²) < 4.78 is 0. The molecule has 0 bridgehead atoms. The lowest BCUT2D eigenvalue weighted by atomic mass is 10.0. The number of nitrogens with two attached hydrogens (primary N) is 1. The first-order valence-corrected chi connectivity index (χ1v) is 4.17. The molecule has 5 N–H and O–H groups in total. The third-order valence-corrected chi connectivity index (χ3v) is 1.62. The smallest absolute Gasteiger partial charge is 0.328 e. The quantitative estimate of drug-likeness (QED) is 0.453. The van der Waals surface area contributed by atoms with Gasteiger partial charge >= 0.3 is 5.97 Å². The van der Waals surface area contributed by atoms with Crippen molar-refractivity contribution in [3.8, 4) is 0 Å². The van der Waals surface area contributed by atoms with Crippen LogP contribution >= 0.6 is 0 Å². The third kappa shape index (κ3) is 3.71. The number of aliphatic carboxylic acids is 1. The normalized spacial score (nSPS) is 15.8. The Morgan fingerprint density at radius 3 is 2.07 bits per heavy atom. The van der Waals surface area contributed by atoms with Gasteiger partial charge in [-0.1, -0.05) is 0 Å². The van der Waals surface area contributed by atoms with Gasteiger partial charge in [-0.25, -0.2) is 4.79 Å². The zero-order valence-corrected chi connectivity index (χ0v) is 8.44. The Balaban J connectivity index is 4.48. The fourth-order valence-electron chi connectivity index (χ4n) is 0.716. The molecule has 2 atom stereocenters. The van der Waals surface area contributed by atoms with Gasteiger partial charge in [0.1, 0.15) is 0 Å². The fourth-order valence-corrected chi connectivity index (χ4v) is 0.716. The maximum absolute atomic E-state index is 11.3. The molecule has 0 aromatic carbocycles. The molecule has 0 aromatic heterocycles. The second-order valence-corrected chi connectivity index (χ2v) is 3.75. The molecule has 0 saturated heterocycles. The van der Waals surface area contributed by atoms with Crippen LogP contribution in [0.2, 0.25) is 0 Å². The highest BCUT2D eigenvalue weighted by molar-refractivity contribution is 5.89. The maximum atomic E-state index is 11.3. The van der Waals surface area contributed by atoms with Crippen LogP contribution in [0.15, 0.2) is 0 Å². The van der Waals surface area contributed by atoms with Gasteiger partial charge in [-0.3, -0.25) is 4.79 Å². The summed E-state index contributed by atoms with van der Waals surface area (Å²) in [4.78, 5) is 21.9. The molecule has 0 aromatic rings. The minimum absolute atomic E-state index is 0.620. The molecule has 0 aliphatic heterocycles. The Kier molecular flexibility index (Phi) is 4.03. The van der Waals surface area contributed by atoms with Crippen LogP contribution in [-0.4, -0.2) is 39.8 Å². The number of carboxylic acids is 1. The average molecular weight is 204 g/mol. The van der Waals surface area contributed by atoms with E-state index in [0.717, 1.165) is 0 Å². The van der Waals surface area contributed by atoms with Gasteiger partial charge in [-0.2, -0.15) is 0 Å². The molecule has 1 amide bonds. The van der Waals surface area contributed by atoms with E-state index in [1.807, 2.05) is 0 Å². The summed E-state index contributed by atoms with van der Waals surface area (Å²) in [5, 5.41) is 19.8. The maximum Gasteiger partial charge on any atom is 0.328 e. The number of rotatable bonds is 4. The van der Waals surface area contributed by atoms with Crippen LogP contribution in [0.25, 0.3) is 0 Å². The first-order chi connectivity index (χ1) is 6.16. The van der Waals surface area contributed by atoms with Crippen molar-refractivity contribution < 1.29 is 19.8 Å². The molecule has 0 saturated carbocycles. The van der Waals surface area contributed by atoms with Crippen molar-refractivity contribution in [2.24, 2.45) is 5.73 Å². The molecular weight excluding hydrogens is 188 g/mol. The molecule has 6 nitrogen and oxygen atoms in total. The zero-order valence-electron chi connectivity index (χ0n) is 8.44. The Morgan fingerprint density at radius 1 is 1.43 bits per heavy atom. The zero-order chi connectivity index (χ0) is 11.5. The van der Waals surface area contributed by atoms with E-state index in [-0.39, 0.29) is 0 Å². The van der Waals surface area contributed by atoms with E-state index in [9.17, 15) is 9.59 Å². The molecule has 0 spiro atoms. The van der Waals surface area contributed by atoms with Crippen LogP contribution < -0.4 is 11.1 Å². The second kappa shape index (κ2) is 4.39. The van der Waals surface area contributed by atoms with Gasteiger partial charge in [0.25, 0.3) is 0 Å². The summed E-state index contributed by atoms with van der Waals surface area (Å²) in [6, 6.07) is -1.33. The molecule has 0 aliphatic rings.